The fourth-order valence-corrected chi connectivity index (χ4v) is 2.35. The van der Waals surface area contributed by atoms with Gasteiger partial charge in [-0.25, -0.2) is 4.79 Å². The zero-order valence-corrected chi connectivity index (χ0v) is 13.8. The molecule has 0 aliphatic rings. The van der Waals surface area contributed by atoms with Crippen LogP contribution in [-0.2, 0) is 9.53 Å². The second-order valence-electron chi connectivity index (χ2n) is 4.53. The van der Waals surface area contributed by atoms with Crippen molar-refractivity contribution in [3.63, 3.8) is 0 Å². The van der Waals surface area contributed by atoms with E-state index in [0.717, 1.165) is 9.13 Å². The topological polar surface area (TPSA) is 88.3 Å². The van der Waals surface area contributed by atoms with Gasteiger partial charge in [0.2, 0.25) is 5.56 Å². The van der Waals surface area contributed by atoms with E-state index in [1.54, 1.807) is 6.07 Å². The normalized spacial score (nSPS) is 10.1. The molecule has 0 saturated carbocycles. The van der Waals surface area contributed by atoms with Gasteiger partial charge in [-0.15, -0.1) is 0 Å². The molecule has 2 N–H and O–H groups in total. The molecule has 0 fully saturated rings. The van der Waals surface area contributed by atoms with Crippen LogP contribution in [0.4, 0.5) is 5.69 Å². The number of aromatic amines is 1. The maximum absolute atomic E-state index is 11.8. The lowest BCUT2D eigenvalue weighted by Crippen LogP contribution is -2.21. The molecule has 0 aliphatic carbocycles. The second-order valence-corrected chi connectivity index (χ2v) is 5.77. The first-order valence-corrected chi connectivity index (χ1v) is 7.45. The highest BCUT2D eigenvalue weighted by Crippen LogP contribution is 2.17. The number of esters is 1. The highest BCUT2D eigenvalue weighted by atomic mass is 127. The lowest BCUT2D eigenvalue weighted by Gasteiger charge is -2.09. The average Bonchev–Trinajstić information content (AvgIpc) is 2.48. The zero-order chi connectivity index (χ0) is 16.1. The number of H-pyrrole nitrogens is 1. The van der Waals surface area contributed by atoms with E-state index in [1.165, 1.54) is 18.3 Å². The number of aryl methyl sites for hydroxylation is 1. The number of aromatic nitrogens is 1. The molecule has 0 spiro atoms. The number of pyridine rings is 1. The Morgan fingerprint density at radius 3 is 2.68 bits per heavy atom. The molecule has 1 amide bonds. The number of ether oxygens (including phenoxy) is 1. The molecule has 0 unspecified atom stereocenters. The van der Waals surface area contributed by atoms with Gasteiger partial charge in [0.1, 0.15) is 0 Å². The maximum atomic E-state index is 11.8. The Balaban J connectivity index is 1.91. The number of nitrogens with one attached hydrogen (secondary N) is 2. The molecule has 6 nitrogen and oxygen atoms in total. The molecular formula is C15H13IN2O4. The van der Waals surface area contributed by atoms with Gasteiger partial charge >= 0.3 is 5.97 Å². The van der Waals surface area contributed by atoms with Gasteiger partial charge in [-0.1, -0.05) is 0 Å². The number of hydrogen-bond acceptors (Lipinski definition) is 4. The van der Waals surface area contributed by atoms with Gasteiger partial charge in [0.15, 0.2) is 6.61 Å². The second kappa shape index (κ2) is 7.21. The van der Waals surface area contributed by atoms with Gasteiger partial charge in [-0.3, -0.25) is 9.59 Å². The summed E-state index contributed by atoms with van der Waals surface area (Å²) in [5, 5.41) is 2.68. The number of carbonyl (C=O) groups excluding carboxylic acids is 2. The van der Waals surface area contributed by atoms with E-state index >= 15 is 0 Å². The number of halogens is 1. The summed E-state index contributed by atoms with van der Waals surface area (Å²) in [4.78, 5) is 36.8. The molecule has 0 atom stereocenters. The lowest BCUT2D eigenvalue weighted by atomic mass is 10.2. The molecule has 1 aromatic heterocycles. The van der Waals surface area contributed by atoms with E-state index in [2.05, 4.69) is 32.9 Å². The predicted octanol–water partition coefficient (Wildman–Crippen LogP) is 2.08. The monoisotopic (exact) mass is 412 g/mol. The third-order valence-electron chi connectivity index (χ3n) is 2.82. The average molecular weight is 412 g/mol. The molecule has 7 heteroatoms. The summed E-state index contributed by atoms with van der Waals surface area (Å²) < 4.78 is 5.96. The van der Waals surface area contributed by atoms with Crippen molar-refractivity contribution in [2.45, 2.75) is 6.92 Å². The SMILES string of the molecule is Cc1cc(I)ccc1NC(=O)COC(=O)c1ccc(=O)[nH]c1. The fraction of sp³-hybridized carbons (Fsp3) is 0.133. The van der Waals surface area contributed by atoms with E-state index in [0.29, 0.717) is 5.69 Å². The smallest absolute Gasteiger partial charge is 0.340 e. The molecular weight excluding hydrogens is 399 g/mol. The van der Waals surface area contributed by atoms with Crippen molar-refractivity contribution in [2.75, 3.05) is 11.9 Å². The Bertz CT molecular complexity index is 750. The Labute approximate surface area is 140 Å². The summed E-state index contributed by atoms with van der Waals surface area (Å²) in [6.45, 7) is 1.48. The lowest BCUT2D eigenvalue weighted by molar-refractivity contribution is -0.119. The zero-order valence-electron chi connectivity index (χ0n) is 11.7. The first-order chi connectivity index (χ1) is 10.5. The Morgan fingerprint density at radius 1 is 1.27 bits per heavy atom. The van der Waals surface area contributed by atoms with Gasteiger partial charge in [0.05, 0.1) is 5.56 Å². The summed E-state index contributed by atoms with van der Waals surface area (Å²) >= 11 is 2.18. The van der Waals surface area contributed by atoms with Crippen molar-refractivity contribution in [3.05, 3.63) is 61.6 Å². The molecule has 114 valence electrons. The summed E-state index contributed by atoms with van der Waals surface area (Å²) in [5.74, 6) is -1.10. The Hall–Kier alpha value is -2.16. The van der Waals surface area contributed by atoms with Gasteiger partial charge < -0.3 is 15.0 Å². The van der Waals surface area contributed by atoms with Crippen LogP contribution in [0.5, 0.6) is 0 Å². The fourth-order valence-electron chi connectivity index (χ4n) is 1.71. The van der Waals surface area contributed by atoms with Crippen LogP contribution in [0.3, 0.4) is 0 Å². The number of hydrogen-bond donors (Lipinski definition) is 2. The molecule has 22 heavy (non-hydrogen) atoms. The summed E-state index contributed by atoms with van der Waals surface area (Å²) in [6, 6.07) is 8.14. The van der Waals surface area contributed by atoms with E-state index in [9.17, 15) is 14.4 Å². The minimum Gasteiger partial charge on any atom is -0.452 e. The van der Waals surface area contributed by atoms with E-state index in [4.69, 9.17) is 4.74 Å². The largest absolute Gasteiger partial charge is 0.452 e. The summed E-state index contributed by atoms with van der Waals surface area (Å²) in [6.07, 6.45) is 1.24. The van der Waals surface area contributed by atoms with E-state index in [-0.39, 0.29) is 11.1 Å². The Morgan fingerprint density at radius 2 is 2.05 bits per heavy atom. The number of anilines is 1. The molecule has 2 aromatic rings. The summed E-state index contributed by atoms with van der Waals surface area (Å²) in [7, 11) is 0. The van der Waals surface area contributed by atoms with Crippen molar-refractivity contribution >= 4 is 40.2 Å². The molecule has 1 aromatic carbocycles. The molecule has 2 rings (SSSR count). The maximum Gasteiger partial charge on any atom is 0.340 e. The van der Waals surface area contributed by atoms with Crippen molar-refractivity contribution in [1.82, 2.24) is 4.98 Å². The number of amides is 1. The van der Waals surface area contributed by atoms with Crippen molar-refractivity contribution < 1.29 is 14.3 Å². The number of benzene rings is 1. The molecule has 0 bridgehead atoms. The summed E-state index contributed by atoms with van der Waals surface area (Å²) in [5.41, 5.74) is 1.46. The molecule has 0 aliphatic heterocycles. The standard InChI is InChI=1S/C15H13IN2O4/c1-9-6-11(16)3-4-12(9)18-14(20)8-22-15(21)10-2-5-13(19)17-7-10/h2-7H,8H2,1H3,(H,17,19)(H,18,20). The van der Waals surface area contributed by atoms with E-state index in [1.807, 2.05) is 19.1 Å². The van der Waals surface area contributed by atoms with Crippen molar-refractivity contribution in [2.24, 2.45) is 0 Å². The van der Waals surface area contributed by atoms with Gasteiger partial charge in [0, 0.05) is 21.5 Å². The van der Waals surface area contributed by atoms with Crippen LogP contribution in [0.15, 0.2) is 41.3 Å². The predicted molar refractivity (Wildman–Crippen MR) is 89.9 cm³/mol. The minimum absolute atomic E-state index is 0.179. The highest BCUT2D eigenvalue weighted by molar-refractivity contribution is 14.1. The third kappa shape index (κ3) is 4.42. The van der Waals surface area contributed by atoms with Crippen LogP contribution in [0.1, 0.15) is 15.9 Å². The van der Waals surface area contributed by atoms with Crippen LogP contribution < -0.4 is 10.9 Å². The molecule has 0 saturated heterocycles. The highest BCUT2D eigenvalue weighted by Gasteiger charge is 2.11. The van der Waals surface area contributed by atoms with Crippen LogP contribution >= 0.6 is 22.6 Å². The van der Waals surface area contributed by atoms with Crippen LogP contribution in [0.25, 0.3) is 0 Å². The molecule has 1 heterocycles. The van der Waals surface area contributed by atoms with Crippen LogP contribution in [0.2, 0.25) is 0 Å². The van der Waals surface area contributed by atoms with Gasteiger partial charge in [-0.05, 0) is 59.3 Å². The Kier molecular flexibility index (Phi) is 5.31. The minimum atomic E-state index is -0.675. The van der Waals surface area contributed by atoms with Gasteiger partial charge in [0.25, 0.3) is 5.91 Å². The van der Waals surface area contributed by atoms with Crippen LogP contribution in [-0.4, -0.2) is 23.5 Å². The number of rotatable bonds is 4. The number of carbonyl (C=O) groups is 2. The first-order valence-electron chi connectivity index (χ1n) is 6.37. The molecule has 0 radical (unpaired) electrons. The first kappa shape index (κ1) is 16.2. The quantitative estimate of drug-likeness (QED) is 0.595. The van der Waals surface area contributed by atoms with Gasteiger partial charge in [-0.2, -0.15) is 0 Å². The van der Waals surface area contributed by atoms with Crippen molar-refractivity contribution in [1.29, 1.82) is 0 Å². The van der Waals surface area contributed by atoms with Crippen LogP contribution in [0, 0.1) is 10.5 Å². The van der Waals surface area contributed by atoms with Crippen molar-refractivity contribution in [3.8, 4) is 0 Å². The van der Waals surface area contributed by atoms with E-state index < -0.39 is 18.5 Å². The third-order valence-corrected chi connectivity index (χ3v) is 3.49.